The Bertz CT molecular complexity index is 152. The van der Waals surface area contributed by atoms with Crippen molar-refractivity contribution in [3.63, 3.8) is 0 Å². The fourth-order valence-corrected chi connectivity index (χ4v) is 0.816. The van der Waals surface area contributed by atoms with E-state index in [4.69, 9.17) is 10.9 Å². The van der Waals surface area contributed by atoms with Gasteiger partial charge in [0, 0.05) is 6.04 Å². The normalized spacial score (nSPS) is 15.8. The Labute approximate surface area is 72.5 Å². The van der Waals surface area contributed by atoms with Crippen molar-refractivity contribution < 1.29 is 9.90 Å². The van der Waals surface area contributed by atoms with Crippen LogP contribution < -0.4 is 11.3 Å². The van der Waals surface area contributed by atoms with Gasteiger partial charge < -0.3 is 5.11 Å². The average molecular weight is 175 g/mol. The van der Waals surface area contributed by atoms with Gasteiger partial charge in [-0.05, 0) is 20.9 Å². The second kappa shape index (κ2) is 5.08. The van der Waals surface area contributed by atoms with Gasteiger partial charge in [0.15, 0.2) is 0 Å². The molecule has 0 spiro atoms. The number of carbonyl (C=O) groups excluding carboxylic acids is 1. The number of likely N-dealkylation sites (N-methyl/N-ethyl adjacent to an activating group) is 1. The van der Waals surface area contributed by atoms with Crippen molar-refractivity contribution in [3.8, 4) is 0 Å². The number of rotatable bonds is 4. The molecule has 0 saturated heterocycles. The molecule has 0 aromatic heterocycles. The number of amides is 1. The van der Waals surface area contributed by atoms with E-state index in [1.807, 2.05) is 6.92 Å². The monoisotopic (exact) mass is 175 g/mol. The predicted molar refractivity (Wildman–Crippen MR) is 46.1 cm³/mol. The zero-order valence-electron chi connectivity index (χ0n) is 7.74. The fraction of sp³-hybridized carbons (Fsp3) is 0.857. The van der Waals surface area contributed by atoms with Crippen LogP contribution in [0.1, 0.15) is 13.8 Å². The van der Waals surface area contributed by atoms with Crippen molar-refractivity contribution in [3.05, 3.63) is 0 Å². The fourth-order valence-electron chi connectivity index (χ4n) is 0.816. The molecule has 2 atom stereocenters. The molecule has 0 bridgehead atoms. The second-order valence-corrected chi connectivity index (χ2v) is 2.88. The van der Waals surface area contributed by atoms with E-state index in [1.165, 1.54) is 0 Å². The Kier molecular flexibility index (Phi) is 4.80. The molecule has 0 fully saturated rings. The highest BCUT2D eigenvalue weighted by molar-refractivity contribution is 5.80. The van der Waals surface area contributed by atoms with Crippen molar-refractivity contribution >= 4 is 5.91 Å². The highest BCUT2D eigenvalue weighted by atomic mass is 16.3. The first-order valence-corrected chi connectivity index (χ1v) is 3.87. The van der Waals surface area contributed by atoms with E-state index in [9.17, 15) is 4.79 Å². The summed E-state index contributed by atoms with van der Waals surface area (Å²) in [7, 11) is 1.76. The molecule has 2 unspecified atom stereocenters. The minimum atomic E-state index is -0.322. The largest absolute Gasteiger partial charge is 0.395 e. The minimum Gasteiger partial charge on any atom is -0.395 e. The van der Waals surface area contributed by atoms with Crippen LogP contribution in [0.2, 0.25) is 0 Å². The molecular weight excluding hydrogens is 158 g/mol. The van der Waals surface area contributed by atoms with Gasteiger partial charge in [-0.3, -0.25) is 15.1 Å². The SMILES string of the molecule is CC(CO)N(C)C(C)C(=O)NN. The Morgan fingerprint density at radius 3 is 2.50 bits per heavy atom. The first-order chi connectivity index (χ1) is 5.54. The number of hydrogen-bond acceptors (Lipinski definition) is 4. The number of nitrogens with one attached hydrogen (secondary N) is 1. The molecule has 4 N–H and O–H groups in total. The summed E-state index contributed by atoms with van der Waals surface area (Å²) in [6.07, 6.45) is 0. The predicted octanol–water partition coefficient (Wildman–Crippen LogP) is -1.32. The third-order valence-corrected chi connectivity index (χ3v) is 2.09. The molecule has 0 rings (SSSR count). The van der Waals surface area contributed by atoms with Crippen molar-refractivity contribution in [2.24, 2.45) is 5.84 Å². The van der Waals surface area contributed by atoms with Gasteiger partial charge in [-0.1, -0.05) is 0 Å². The van der Waals surface area contributed by atoms with Crippen LogP contribution in [0.3, 0.4) is 0 Å². The highest BCUT2D eigenvalue weighted by Gasteiger charge is 2.20. The summed E-state index contributed by atoms with van der Waals surface area (Å²) in [5.41, 5.74) is 2.06. The third kappa shape index (κ3) is 2.77. The summed E-state index contributed by atoms with van der Waals surface area (Å²) in [5, 5.41) is 8.80. The van der Waals surface area contributed by atoms with Crippen molar-refractivity contribution in [1.29, 1.82) is 0 Å². The number of hydrazine groups is 1. The zero-order chi connectivity index (χ0) is 9.72. The smallest absolute Gasteiger partial charge is 0.250 e. The van der Waals surface area contributed by atoms with E-state index in [2.05, 4.69) is 5.43 Å². The van der Waals surface area contributed by atoms with Crippen LogP contribution in [0.4, 0.5) is 0 Å². The minimum absolute atomic E-state index is 0.0265. The molecular formula is C7H17N3O2. The topological polar surface area (TPSA) is 78.6 Å². The molecule has 5 heteroatoms. The zero-order valence-corrected chi connectivity index (χ0v) is 7.74. The lowest BCUT2D eigenvalue weighted by Gasteiger charge is -2.27. The number of hydrogen-bond donors (Lipinski definition) is 3. The summed E-state index contributed by atoms with van der Waals surface area (Å²) in [4.78, 5) is 12.8. The highest BCUT2D eigenvalue weighted by Crippen LogP contribution is 2.00. The lowest BCUT2D eigenvalue weighted by molar-refractivity contribution is -0.126. The van der Waals surface area contributed by atoms with Gasteiger partial charge >= 0.3 is 0 Å². The van der Waals surface area contributed by atoms with Gasteiger partial charge in [0.1, 0.15) is 0 Å². The van der Waals surface area contributed by atoms with E-state index in [1.54, 1.807) is 18.9 Å². The maximum Gasteiger partial charge on any atom is 0.250 e. The molecule has 1 amide bonds. The van der Waals surface area contributed by atoms with E-state index in [-0.39, 0.29) is 24.6 Å². The average Bonchev–Trinajstić information content (AvgIpc) is 2.12. The van der Waals surface area contributed by atoms with Gasteiger partial charge in [0.05, 0.1) is 12.6 Å². The molecule has 12 heavy (non-hydrogen) atoms. The Balaban J connectivity index is 4.08. The van der Waals surface area contributed by atoms with Gasteiger partial charge in [-0.25, -0.2) is 5.84 Å². The van der Waals surface area contributed by atoms with Crippen LogP contribution >= 0.6 is 0 Å². The van der Waals surface area contributed by atoms with Crippen molar-refractivity contribution in [2.75, 3.05) is 13.7 Å². The third-order valence-electron chi connectivity index (χ3n) is 2.09. The van der Waals surface area contributed by atoms with Gasteiger partial charge in [-0.2, -0.15) is 0 Å². The van der Waals surface area contributed by atoms with Crippen LogP contribution in [0.25, 0.3) is 0 Å². The lowest BCUT2D eigenvalue weighted by Crippen LogP contribution is -2.49. The molecule has 0 aliphatic carbocycles. The summed E-state index contributed by atoms with van der Waals surface area (Å²) < 4.78 is 0. The standard InChI is InChI=1S/C7H17N3O2/c1-5(4-11)10(3)6(2)7(12)9-8/h5-6,11H,4,8H2,1-3H3,(H,9,12). The van der Waals surface area contributed by atoms with Crippen LogP contribution in [0.5, 0.6) is 0 Å². The van der Waals surface area contributed by atoms with Crippen LogP contribution in [0, 0.1) is 0 Å². The molecule has 72 valence electrons. The maximum absolute atomic E-state index is 11.0. The van der Waals surface area contributed by atoms with Crippen LogP contribution in [-0.2, 0) is 4.79 Å². The number of nitrogens with zero attached hydrogens (tertiary/aromatic N) is 1. The summed E-state index contributed by atoms with van der Waals surface area (Å²) in [6.45, 7) is 3.59. The van der Waals surface area contributed by atoms with Gasteiger partial charge in [0.2, 0.25) is 0 Å². The Hall–Kier alpha value is -0.650. The molecule has 0 heterocycles. The maximum atomic E-state index is 11.0. The molecule has 0 aliphatic rings. The molecule has 5 nitrogen and oxygen atoms in total. The molecule has 0 aliphatic heterocycles. The number of aliphatic hydroxyl groups is 1. The number of aliphatic hydroxyl groups excluding tert-OH is 1. The van der Waals surface area contributed by atoms with E-state index in [0.717, 1.165) is 0 Å². The first-order valence-electron chi connectivity index (χ1n) is 3.87. The van der Waals surface area contributed by atoms with Gasteiger partial charge in [-0.15, -0.1) is 0 Å². The summed E-state index contributed by atoms with van der Waals surface area (Å²) >= 11 is 0. The lowest BCUT2D eigenvalue weighted by atomic mass is 10.2. The van der Waals surface area contributed by atoms with E-state index >= 15 is 0 Å². The second-order valence-electron chi connectivity index (χ2n) is 2.88. The van der Waals surface area contributed by atoms with Gasteiger partial charge in [0.25, 0.3) is 5.91 Å². The summed E-state index contributed by atoms with van der Waals surface area (Å²) in [6, 6.07) is -0.366. The number of nitrogens with two attached hydrogens (primary N) is 1. The summed E-state index contributed by atoms with van der Waals surface area (Å²) in [5.74, 6) is 4.71. The van der Waals surface area contributed by atoms with Crippen molar-refractivity contribution in [2.45, 2.75) is 25.9 Å². The molecule has 0 aromatic rings. The quantitative estimate of drug-likeness (QED) is 0.281. The molecule has 0 saturated carbocycles. The molecule has 0 radical (unpaired) electrons. The van der Waals surface area contributed by atoms with Crippen LogP contribution in [-0.4, -0.2) is 41.7 Å². The van der Waals surface area contributed by atoms with Crippen LogP contribution in [0.15, 0.2) is 0 Å². The van der Waals surface area contributed by atoms with E-state index < -0.39 is 0 Å². The Morgan fingerprint density at radius 1 is 1.67 bits per heavy atom. The van der Waals surface area contributed by atoms with E-state index in [0.29, 0.717) is 0 Å². The van der Waals surface area contributed by atoms with Crippen molar-refractivity contribution in [1.82, 2.24) is 10.3 Å². The molecule has 0 aromatic carbocycles. The Morgan fingerprint density at radius 2 is 2.17 bits per heavy atom. The first kappa shape index (κ1) is 11.4. The number of carbonyl (C=O) groups is 1.